The molecule has 0 atom stereocenters. The third-order valence-corrected chi connectivity index (χ3v) is 5.51. The average molecular weight is 272 g/mol. The molecule has 0 aliphatic heterocycles. The molecule has 2 rings (SSSR count). The highest BCUT2D eigenvalue weighted by Crippen LogP contribution is 2.36. The molecule has 0 saturated carbocycles. The topological polar surface area (TPSA) is 17.8 Å². The van der Waals surface area contributed by atoms with E-state index in [1.807, 2.05) is 0 Å². The molecule has 2 aromatic rings. The molecular formula is C18H28N2. The fraction of sp³-hybridized carbons (Fsp3) is 0.611. The molecule has 0 unspecified atom stereocenters. The molecule has 0 aliphatic carbocycles. The van der Waals surface area contributed by atoms with Gasteiger partial charge in [-0.2, -0.15) is 5.10 Å². The summed E-state index contributed by atoms with van der Waals surface area (Å²) in [5, 5.41) is 6.28. The van der Waals surface area contributed by atoms with Gasteiger partial charge in [-0.1, -0.05) is 13.8 Å². The maximum absolute atomic E-state index is 4.92. The lowest BCUT2D eigenvalue weighted by Crippen LogP contribution is -2.29. The number of fused-ring (bicyclic) bond motifs is 1. The van der Waals surface area contributed by atoms with Crippen LogP contribution in [0.25, 0.3) is 10.9 Å². The predicted octanol–water partition coefficient (Wildman–Crippen LogP) is 5.11. The fourth-order valence-electron chi connectivity index (χ4n) is 3.19. The molecule has 0 amide bonds. The average Bonchev–Trinajstić information content (AvgIpc) is 2.80. The van der Waals surface area contributed by atoms with Crippen molar-refractivity contribution in [1.82, 2.24) is 9.78 Å². The molecular weight excluding hydrogens is 244 g/mol. The SMILES string of the molecule is CCC(C)(CC)n1nc(C)c2c(C)c(C)c(C)c(C)c21. The highest BCUT2D eigenvalue weighted by Gasteiger charge is 2.28. The Morgan fingerprint density at radius 3 is 1.85 bits per heavy atom. The van der Waals surface area contributed by atoms with Gasteiger partial charge in [-0.05, 0) is 76.6 Å². The Hall–Kier alpha value is -1.31. The minimum Gasteiger partial charge on any atom is -0.259 e. The molecule has 0 bridgehead atoms. The minimum absolute atomic E-state index is 0.103. The molecule has 1 aromatic heterocycles. The first-order chi connectivity index (χ1) is 9.28. The van der Waals surface area contributed by atoms with Crippen molar-refractivity contribution in [1.29, 1.82) is 0 Å². The lowest BCUT2D eigenvalue weighted by Gasteiger charge is -2.29. The lowest BCUT2D eigenvalue weighted by molar-refractivity contribution is 0.273. The lowest BCUT2D eigenvalue weighted by atomic mass is 9.92. The number of rotatable bonds is 3. The first-order valence-electron chi connectivity index (χ1n) is 7.74. The van der Waals surface area contributed by atoms with Crippen molar-refractivity contribution < 1.29 is 0 Å². The van der Waals surface area contributed by atoms with Gasteiger partial charge >= 0.3 is 0 Å². The third kappa shape index (κ3) is 1.88. The van der Waals surface area contributed by atoms with Crippen molar-refractivity contribution in [3.05, 3.63) is 27.9 Å². The summed E-state index contributed by atoms with van der Waals surface area (Å²) >= 11 is 0. The van der Waals surface area contributed by atoms with Crippen LogP contribution in [-0.2, 0) is 5.54 Å². The normalized spacial score (nSPS) is 12.4. The molecule has 20 heavy (non-hydrogen) atoms. The van der Waals surface area contributed by atoms with Crippen LogP contribution in [-0.4, -0.2) is 9.78 Å². The van der Waals surface area contributed by atoms with Gasteiger partial charge in [-0.15, -0.1) is 0 Å². The van der Waals surface area contributed by atoms with E-state index < -0.39 is 0 Å². The molecule has 0 saturated heterocycles. The van der Waals surface area contributed by atoms with Crippen LogP contribution < -0.4 is 0 Å². The van der Waals surface area contributed by atoms with Gasteiger partial charge in [0.05, 0.1) is 16.7 Å². The largest absolute Gasteiger partial charge is 0.259 e. The molecule has 2 nitrogen and oxygen atoms in total. The standard InChI is InChI=1S/C18H28N2/c1-9-18(8,10-2)20-17-14(6)12(4)11(3)13(5)16(17)15(7)19-20/h9-10H2,1-8H3. The number of aryl methyl sites for hydroxylation is 3. The molecule has 1 heterocycles. The van der Waals surface area contributed by atoms with Gasteiger partial charge in [-0.25, -0.2) is 0 Å². The van der Waals surface area contributed by atoms with Crippen molar-refractivity contribution in [2.75, 3.05) is 0 Å². The van der Waals surface area contributed by atoms with Crippen LogP contribution in [0.15, 0.2) is 0 Å². The van der Waals surface area contributed by atoms with Crippen LogP contribution in [0.4, 0.5) is 0 Å². The maximum Gasteiger partial charge on any atom is 0.0726 e. The van der Waals surface area contributed by atoms with Crippen LogP contribution in [0.1, 0.15) is 61.6 Å². The summed E-state index contributed by atoms with van der Waals surface area (Å²) < 4.78 is 2.30. The number of hydrogen-bond donors (Lipinski definition) is 0. The maximum atomic E-state index is 4.92. The quantitative estimate of drug-likeness (QED) is 0.759. The third-order valence-electron chi connectivity index (χ3n) is 5.51. The van der Waals surface area contributed by atoms with E-state index in [0.717, 1.165) is 18.5 Å². The van der Waals surface area contributed by atoms with E-state index in [1.54, 1.807) is 0 Å². The Bertz CT molecular complexity index is 658. The summed E-state index contributed by atoms with van der Waals surface area (Å²) in [4.78, 5) is 0. The first-order valence-corrected chi connectivity index (χ1v) is 7.74. The van der Waals surface area contributed by atoms with Gasteiger partial charge in [0.2, 0.25) is 0 Å². The van der Waals surface area contributed by atoms with Crippen molar-refractivity contribution >= 4 is 10.9 Å². The predicted molar refractivity (Wildman–Crippen MR) is 87.6 cm³/mol. The highest BCUT2D eigenvalue weighted by atomic mass is 15.3. The van der Waals surface area contributed by atoms with E-state index in [2.05, 4.69) is 60.1 Å². The van der Waals surface area contributed by atoms with E-state index in [0.29, 0.717) is 0 Å². The zero-order chi connectivity index (χ0) is 15.2. The zero-order valence-electron chi connectivity index (χ0n) is 14.3. The number of aromatic nitrogens is 2. The van der Waals surface area contributed by atoms with Crippen molar-refractivity contribution in [2.45, 2.75) is 73.8 Å². The second-order valence-corrected chi connectivity index (χ2v) is 6.42. The smallest absolute Gasteiger partial charge is 0.0726 e. The molecule has 1 aromatic carbocycles. The Labute approximate surface area is 123 Å². The van der Waals surface area contributed by atoms with Gasteiger partial charge in [0.25, 0.3) is 0 Å². The van der Waals surface area contributed by atoms with Crippen LogP contribution in [0.3, 0.4) is 0 Å². The summed E-state index contributed by atoms with van der Waals surface area (Å²) in [6.45, 7) is 17.9. The van der Waals surface area contributed by atoms with Gasteiger partial charge in [0.1, 0.15) is 0 Å². The first kappa shape index (κ1) is 15.1. The van der Waals surface area contributed by atoms with Gasteiger partial charge in [0.15, 0.2) is 0 Å². The number of benzene rings is 1. The molecule has 110 valence electrons. The number of hydrogen-bond acceptors (Lipinski definition) is 1. The van der Waals surface area contributed by atoms with Gasteiger partial charge in [0, 0.05) is 5.39 Å². The molecule has 0 spiro atoms. The van der Waals surface area contributed by atoms with Crippen LogP contribution >= 0.6 is 0 Å². The second-order valence-electron chi connectivity index (χ2n) is 6.42. The molecule has 0 N–H and O–H groups in total. The van der Waals surface area contributed by atoms with E-state index in [1.165, 1.54) is 33.2 Å². The Kier molecular flexibility index (Phi) is 3.70. The summed E-state index contributed by atoms with van der Waals surface area (Å²) in [5.41, 5.74) is 8.20. The van der Waals surface area contributed by atoms with Crippen LogP contribution in [0, 0.1) is 34.6 Å². The fourth-order valence-corrected chi connectivity index (χ4v) is 3.19. The molecule has 0 fully saturated rings. The monoisotopic (exact) mass is 272 g/mol. The van der Waals surface area contributed by atoms with Crippen LogP contribution in [0.2, 0.25) is 0 Å². The molecule has 2 heteroatoms. The Balaban J connectivity index is 2.97. The van der Waals surface area contributed by atoms with Gasteiger partial charge in [-0.3, -0.25) is 4.68 Å². The zero-order valence-corrected chi connectivity index (χ0v) is 14.3. The summed E-state index contributed by atoms with van der Waals surface area (Å²) in [5.74, 6) is 0. The van der Waals surface area contributed by atoms with E-state index in [9.17, 15) is 0 Å². The van der Waals surface area contributed by atoms with Crippen LogP contribution in [0.5, 0.6) is 0 Å². The Morgan fingerprint density at radius 2 is 1.35 bits per heavy atom. The summed E-state index contributed by atoms with van der Waals surface area (Å²) in [6.07, 6.45) is 2.20. The molecule has 0 radical (unpaired) electrons. The number of nitrogens with zero attached hydrogens (tertiary/aromatic N) is 2. The minimum atomic E-state index is 0.103. The van der Waals surface area contributed by atoms with Crippen molar-refractivity contribution in [2.24, 2.45) is 0 Å². The molecule has 0 aliphatic rings. The van der Waals surface area contributed by atoms with E-state index in [4.69, 9.17) is 5.10 Å². The second kappa shape index (κ2) is 4.91. The van der Waals surface area contributed by atoms with E-state index >= 15 is 0 Å². The summed E-state index contributed by atoms with van der Waals surface area (Å²) in [7, 11) is 0. The van der Waals surface area contributed by atoms with Gasteiger partial charge < -0.3 is 0 Å². The van der Waals surface area contributed by atoms with E-state index in [-0.39, 0.29) is 5.54 Å². The Morgan fingerprint density at radius 1 is 0.850 bits per heavy atom. The summed E-state index contributed by atoms with van der Waals surface area (Å²) in [6, 6.07) is 0. The van der Waals surface area contributed by atoms with Crippen molar-refractivity contribution in [3.63, 3.8) is 0 Å². The highest BCUT2D eigenvalue weighted by molar-refractivity contribution is 5.90. The van der Waals surface area contributed by atoms with Crippen molar-refractivity contribution in [3.8, 4) is 0 Å².